The van der Waals surface area contributed by atoms with Gasteiger partial charge in [0.1, 0.15) is 6.04 Å². The smallest absolute Gasteiger partial charge is 0.320 e. The molecule has 2 aliphatic rings. The Labute approximate surface area is 126 Å². The lowest BCUT2D eigenvalue weighted by Gasteiger charge is -2.39. The fourth-order valence-electron chi connectivity index (χ4n) is 3.29. The molecule has 2 heterocycles. The summed E-state index contributed by atoms with van der Waals surface area (Å²) >= 11 is 0. The number of hydrogen-bond acceptors (Lipinski definition) is 3. The van der Waals surface area contributed by atoms with E-state index in [-0.39, 0.29) is 17.6 Å². The first kappa shape index (κ1) is 16.1. The van der Waals surface area contributed by atoms with Crippen molar-refractivity contribution in [3.63, 3.8) is 0 Å². The normalized spacial score (nSPS) is 25.1. The van der Waals surface area contributed by atoms with Crippen LogP contribution in [0.5, 0.6) is 0 Å². The van der Waals surface area contributed by atoms with E-state index in [2.05, 4.69) is 10.2 Å². The molecular weight excluding hydrogens is 270 g/mol. The van der Waals surface area contributed by atoms with E-state index in [9.17, 15) is 14.7 Å². The first-order chi connectivity index (χ1) is 9.78. The zero-order valence-electron chi connectivity index (χ0n) is 13.3. The molecule has 0 aliphatic carbocycles. The highest BCUT2D eigenvalue weighted by molar-refractivity contribution is 5.75. The van der Waals surface area contributed by atoms with Crippen LogP contribution < -0.4 is 5.32 Å². The lowest BCUT2D eigenvalue weighted by Crippen LogP contribution is -2.54. The van der Waals surface area contributed by atoms with E-state index >= 15 is 0 Å². The maximum atomic E-state index is 12.1. The second-order valence-corrected chi connectivity index (χ2v) is 7.13. The molecule has 0 radical (unpaired) electrons. The molecule has 120 valence electrons. The average molecular weight is 297 g/mol. The number of carboxylic acids is 1. The predicted molar refractivity (Wildman–Crippen MR) is 80.2 cm³/mol. The molecule has 2 aliphatic heterocycles. The highest BCUT2D eigenvalue weighted by Gasteiger charge is 2.37. The summed E-state index contributed by atoms with van der Waals surface area (Å²) in [5, 5.41) is 12.2. The van der Waals surface area contributed by atoms with Crippen LogP contribution in [0, 0.1) is 0 Å². The van der Waals surface area contributed by atoms with Gasteiger partial charge in [-0.1, -0.05) is 0 Å². The maximum absolute atomic E-state index is 12.1. The van der Waals surface area contributed by atoms with Gasteiger partial charge in [0.2, 0.25) is 0 Å². The number of piperidine rings is 1. The third-order valence-corrected chi connectivity index (χ3v) is 4.28. The van der Waals surface area contributed by atoms with Crippen LogP contribution in [0.3, 0.4) is 0 Å². The molecule has 6 nitrogen and oxygen atoms in total. The maximum Gasteiger partial charge on any atom is 0.320 e. The van der Waals surface area contributed by atoms with Gasteiger partial charge in [-0.05, 0) is 53.0 Å². The van der Waals surface area contributed by atoms with Gasteiger partial charge < -0.3 is 15.3 Å². The molecule has 0 saturated carbocycles. The number of nitrogens with one attached hydrogen (secondary N) is 1. The Bertz CT molecular complexity index is 397. The number of aliphatic carboxylic acids is 1. The molecule has 2 rings (SSSR count). The van der Waals surface area contributed by atoms with Crippen LogP contribution in [0.1, 0.15) is 46.5 Å². The predicted octanol–water partition coefficient (Wildman–Crippen LogP) is 1.51. The highest BCUT2D eigenvalue weighted by Crippen LogP contribution is 2.26. The molecule has 2 N–H and O–H groups in total. The zero-order chi connectivity index (χ0) is 15.6. The number of hydrogen-bond donors (Lipinski definition) is 2. The third kappa shape index (κ3) is 4.09. The Morgan fingerprint density at radius 3 is 2.24 bits per heavy atom. The van der Waals surface area contributed by atoms with Crippen molar-refractivity contribution in [2.75, 3.05) is 19.6 Å². The Kier molecular flexibility index (Phi) is 4.76. The van der Waals surface area contributed by atoms with Gasteiger partial charge in [-0.2, -0.15) is 0 Å². The summed E-state index contributed by atoms with van der Waals surface area (Å²) < 4.78 is 0. The fraction of sp³-hybridized carbons (Fsp3) is 0.867. The largest absolute Gasteiger partial charge is 0.480 e. The Balaban J connectivity index is 1.86. The lowest BCUT2D eigenvalue weighted by molar-refractivity contribution is -0.143. The van der Waals surface area contributed by atoms with Crippen LogP contribution in [0.2, 0.25) is 0 Å². The lowest BCUT2D eigenvalue weighted by atomic mass is 10.0. The molecule has 0 spiro atoms. The first-order valence-corrected chi connectivity index (χ1v) is 7.83. The Morgan fingerprint density at radius 1 is 1.10 bits per heavy atom. The van der Waals surface area contributed by atoms with Crippen molar-refractivity contribution in [2.45, 2.75) is 64.1 Å². The molecule has 6 heteroatoms. The van der Waals surface area contributed by atoms with Gasteiger partial charge in [0, 0.05) is 24.7 Å². The van der Waals surface area contributed by atoms with Crippen molar-refractivity contribution in [2.24, 2.45) is 0 Å². The van der Waals surface area contributed by atoms with Crippen molar-refractivity contribution >= 4 is 12.0 Å². The molecular formula is C15H27N3O3. The van der Waals surface area contributed by atoms with Gasteiger partial charge in [0.15, 0.2) is 0 Å². The number of carbonyl (C=O) groups is 2. The summed E-state index contributed by atoms with van der Waals surface area (Å²) in [5.74, 6) is -0.708. The summed E-state index contributed by atoms with van der Waals surface area (Å²) in [6, 6.07) is -0.0469. The van der Waals surface area contributed by atoms with Crippen LogP contribution in [0.25, 0.3) is 0 Å². The molecule has 1 atom stereocenters. The summed E-state index contributed by atoms with van der Waals surface area (Å²) in [5.41, 5.74) is -0.225. The zero-order valence-corrected chi connectivity index (χ0v) is 13.3. The standard InChI is InChI=1S/C15H27N3O3/c1-15(2,3)16-14(21)17-9-6-11(7-10-17)18-8-4-5-12(18)13(19)20/h11-12H,4-10H2,1-3H3,(H,16,21)(H,19,20). The third-order valence-electron chi connectivity index (χ3n) is 4.28. The molecule has 0 bridgehead atoms. The van der Waals surface area contributed by atoms with Crippen LogP contribution in [0.4, 0.5) is 4.79 Å². The number of likely N-dealkylation sites (tertiary alicyclic amines) is 2. The molecule has 21 heavy (non-hydrogen) atoms. The number of rotatable bonds is 2. The second-order valence-electron chi connectivity index (χ2n) is 7.13. The SMILES string of the molecule is CC(C)(C)NC(=O)N1CCC(N2CCCC2C(=O)O)CC1. The Hall–Kier alpha value is -1.30. The topological polar surface area (TPSA) is 72.9 Å². The van der Waals surface area contributed by atoms with Gasteiger partial charge in [-0.15, -0.1) is 0 Å². The quantitative estimate of drug-likeness (QED) is 0.810. The van der Waals surface area contributed by atoms with E-state index in [1.165, 1.54) is 0 Å². The molecule has 2 amide bonds. The van der Waals surface area contributed by atoms with Crippen LogP contribution >= 0.6 is 0 Å². The van der Waals surface area contributed by atoms with Gasteiger partial charge in [0.25, 0.3) is 0 Å². The van der Waals surface area contributed by atoms with Gasteiger partial charge in [-0.3, -0.25) is 9.69 Å². The van der Waals surface area contributed by atoms with E-state index in [0.29, 0.717) is 19.1 Å². The van der Waals surface area contributed by atoms with Gasteiger partial charge in [0.05, 0.1) is 0 Å². The number of urea groups is 1. The van der Waals surface area contributed by atoms with E-state index in [1.807, 2.05) is 25.7 Å². The molecule has 0 aromatic rings. The number of carboxylic acid groups (broad SMARTS) is 1. The van der Waals surface area contributed by atoms with Crippen molar-refractivity contribution in [1.82, 2.24) is 15.1 Å². The van der Waals surface area contributed by atoms with E-state index in [4.69, 9.17) is 0 Å². The molecule has 2 saturated heterocycles. The molecule has 0 aromatic heterocycles. The number of carbonyl (C=O) groups excluding carboxylic acids is 1. The van der Waals surface area contributed by atoms with Crippen molar-refractivity contribution < 1.29 is 14.7 Å². The minimum atomic E-state index is -0.708. The van der Waals surface area contributed by atoms with Crippen LogP contribution in [-0.2, 0) is 4.79 Å². The number of nitrogens with zero attached hydrogens (tertiary/aromatic N) is 2. The fourth-order valence-corrected chi connectivity index (χ4v) is 3.29. The van der Waals surface area contributed by atoms with E-state index in [0.717, 1.165) is 32.2 Å². The average Bonchev–Trinajstić information content (AvgIpc) is 2.86. The van der Waals surface area contributed by atoms with Crippen LogP contribution in [-0.4, -0.2) is 64.2 Å². The molecule has 2 fully saturated rings. The monoisotopic (exact) mass is 297 g/mol. The van der Waals surface area contributed by atoms with Crippen molar-refractivity contribution in [3.05, 3.63) is 0 Å². The minimum Gasteiger partial charge on any atom is -0.480 e. The summed E-state index contributed by atoms with van der Waals surface area (Å²) in [6.45, 7) is 8.19. The Morgan fingerprint density at radius 2 is 1.71 bits per heavy atom. The molecule has 1 unspecified atom stereocenters. The summed E-state index contributed by atoms with van der Waals surface area (Å²) in [4.78, 5) is 27.4. The second kappa shape index (κ2) is 6.22. The van der Waals surface area contributed by atoms with E-state index in [1.54, 1.807) is 0 Å². The molecule has 0 aromatic carbocycles. The van der Waals surface area contributed by atoms with Gasteiger partial charge >= 0.3 is 12.0 Å². The highest BCUT2D eigenvalue weighted by atomic mass is 16.4. The first-order valence-electron chi connectivity index (χ1n) is 7.83. The van der Waals surface area contributed by atoms with Gasteiger partial charge in [-0.25, -0.2) is 4.79 Å². The number of amides is 2. The summed E-state index contributed by atoms with van der Waals surface area (Å²) in [7, 11) is 0. The van der Waals surface area contributed by atoms with Crippen molar-refractivity contribution in [1.29, 1.82) is 0 Å². The van der Waals surface area contributed by atoms with Crippen LogP contribution in [0.15, 0.2) is 0 Å². The van der Waals surface area contributed by atoms with Crippen molar-refractivity contribution in [3.8, 4) is 0 Å². The minimum absolute atomic E-state index is 0.0165. The summed E-state index contributed by atoms with van der Waals surface area (Å²) in [6.07, 6.45) is 3.43. The van der Waals surface area contributed by atoms with E-state index < -0.39 is 5.97 Å².